The molecular formula is C20H38N6O. The molecular weight excluding hydrogens is 340 g/mol. The van der Waals surface area contributed by atoms with Gasteiger partial charge in [-0.2, -0.15) is 5.10 Å². The molecule has 0 aromatic carbocycles. The van der Waals surface area contributed by atoms with Crippen LogP contribution in [0, 0.1) is 12.8 Å². The van der Waals surface area contributed by atoms with Gasteiger partial charge in [0.1, 0.15) is 0 Å². The molecule has 7 heteroatoms. The number of hydrogen-bond acceptors (Lipinski definition) is 4. The van der Waals surface area contributed by atoms with Crippen LogP contribution in [0.5, 0.6) is 0 Å². The molecule has 1 aliphatic rings. The molecule has 0 radical (unpaired) electrons. The molecule has 1 aromatic rings. The molecule has 1 fully saturated rings. The minimum Gasteiger partial charge on any atom is -0.379 e. The first-order valence-electron chi connectivity index (χ1n) is 10.5. The zero-order chi connectivity index (χ0) is 19.5. The summed E-state index contributed by atoms with van der Waals surface area (Å²) < 4.78 is 7.51. The third-order valence-corrected chi connectivity index (χ3v) is 5.28. The van der Waals surface area contributed by atoms with Gasteiger partial charge in [0.05, 0.1) is 32.5 Å². The number of nitrogens with zero attached hydrogens (tertiary/aromatic N) is 4. The summed E-state index contributed by atoms with van der Waals surface area (Å²) in [5.74, 6) is 1.56. The number of hydrogen-bond donors (Lipinski definition) is 2. The highest BCUT2D eigenvalue weighted by Crippen LogP contribution is 2.20. The Labute approximate surface area is 164 Å². The van der Waals surface area contributed by atoms with E-state index >= 15 is 0 Å². The van der Waals surface area contributed by atoms with Gasteiger partial charge in [-0.3, -0.25) is 14.6 Å². The summed E-state index contributed by atoms with van der Waals surface area (Å²) in [4.78, 5) is 7.49. The summed E-state index contributed by atoms with van der Waals surface area (Å²) in [6.07, 6.45) is 6.34. The lowest BCUT2D eigenvalue weighted by Crippen LogP contribution is -2.49. The third-order valence-electron chi connectivity index (χ3n) is 5.28. The van der Waals surface area contributed by atoms with Crippen molar-refractivity contribution in [3.8, 4) is 0 Å². The lowest BCUT2D eigenvalue weighted by Gasteiger charge is -2.38. The molecule has 7 nitrogen and oxygen atoms in total. The van der Waals surface area contributed by atoms with E-state index in [9.17, 15) is 0 Å². The van der Waals surface area contributed by atoms with Gasteiger partial charge >= 0.3 is 0 Å². The minimum atomic E-state index is 0.480. The second-order valence-electron chi connectivity index (χ2n) is 7.22. The van der Waals surface area contributed by atoms with Crippen molar-refractivity contribution in [2.45, 2.75) is 53.1 Å². The minimum absolute atomic E-state index is 0.480. The number of morpholine rings is 1. The molecule has 0 aliphatic carbocycles. The van der Waals surface area contributed by atoms with Crippen molar-refractivity contribution in [2.75, 3.05) is 45.9 Å². The van der Waals surface area contributed by atoms with Crippen LogP contribution in [0.15, 0.2) is 17.4 Å². The number of ether oxygens (including phenoxy) is 1. The van der Waals surface area contributed by atoms with Crippen LogP contribution >= 0.6 is 0 Å². The van der Waals surface area contributed by atoms with Crippen molar-refractivity contribution < 1.29 is 4.74 Å². The average molecular weight is 379 g/mol. The maximum atomic E-state index is 5.55. The van der Waals surface area contributed by atoms with E-state index in [-0.39, 0.29) is 0 Å². The Hall–Kier alpha value is -1.60. The van der Waals surface area contributed by atoms with Gasteiger partial charge in [-0.05, 0) is 25.3 Å². The average Bonchev–Trinajstić information content (AvgIpc) is 3.10. The van der Waals surface area contributed by atoms with E-state index in [4.69, 9.17) is 9.73 Å². The quantitative estimate of drug-likeness (QED) is 0.481. The highest BCUT2D eigenvalue weighted by molar-refractivity contribution is 5.79. The standard InChI is InChI=1S/C20H38N6O/c1-5-18(6-2)19(25-10-12-27-13-11-25)15-23-20(21-7-3)22-8-9-26-16-17(4)14-24-26/h14,16,18-19H,5-13,15H2,1-4H3,(H2,21,22,23). The number of aliphatic imine (C=N–C) groups is 1. The molecule has 2 heterocycles. The molecule has 1 aromatic heterocycles. The number of rotatable bonds is 10. The number of aromatic nitrogens is 2. The lowest BCUT2D eigenvalue weighted by molar-refractivity contribution is 0.00395. The lowest BCUT2D eigenvalue weighted by atomic mass is 9.92. The Morgan fingerprint density at radius 3 is 2.56 bits per heavy atom. The van der Waals surface area contributed by atoms with Crippen LogP contribution in [0.3, 0.4) is 0 Å². The van der Waals surface area contributed by atoms with E-state index in [1.807, 2.05) is 10.9 Å². The van der Waals surface area contributed by atoms with Gasteiger partial charge < -0.3 is 15.4 Å². The number of nitrogens with one attached hydrogen (secondary N) is 2. The van der Waals surface area contributed by atoms with Crippen LogP contribution in [0.25, 0.3) is 0 Å². The topological polar surface area (TPSA) is 66.7 Å². The van der Waals surface area contributed by atoms with Gasteiger partial charge in [0.15, 0.2) is 5.96 Å². The van der Waals surface area contributed by atoms with Gasteiger partial charge in [-0.1, -0.05) is 26.7 Å². The van der Waals surface area contributed by atoms with E-state index < -0.39 is 0 Å². The summed E-state index contributed by atoms with van der Waals surface area (Å²) in [5, 5.41) is 11.2. The van der Waals surface area contributed by atoms with Crippen LogP contribution in [-0.4, -0.2) is 72.6 Å². The monoisotopic (exact) mass is 378 g/mol. The molecule has 154 valence electrons. The third kappa shape index (κ3) is 7.14. The van der Waals surface area contributed by atoms with Crippen LogP contribution in [0.1, 0.15) is 39.2 Å². The second-order valence-corrected chi connectivity index (χ2v) is 7.22. The van der Waals surface area contributed by atoms with Crippen molar-refractivity contribution in [1.82, 2.24) is 25.3 Å². The molecule has 1 saturated heterocycles. The van der Waals surface area contributed by atoms with Crippen LogP contribution in [0.2, 0.25) is 0 Å². The zero-order valence-electron chi connectivity index (χ0n) is 17.6. The maximum absolute atomic E-state index is 5.55. The van der Waals surface area contributed by atoms with Gasteiger partial charge in [0, 0.05) is 38.4 Å². The second kappa shape index (κ2) is 12.0. The Morgan fingerprint density at radius 1 is 1.22 bits per heavy atom. The van der Waals surface area contributed by atoms with Crippen molar-refractivity contribution in [2.24, 2.45) is 10.9 Å². The summed E-state index contributed by atoms with van der Waals surface area (Å²) in [5.41, 5.74) is 1.19. The molecule has 2 N–H and O–H groups in total. The first-order valence-corrected chi connectivity index (χ1v) is 10.5. The van der Waals surface area contributed by atoms with E-state index in [2.05, 4.69) is 54.5 Å². The Bertz CT molecular complexity index is 548. The number of guanidine groups is 1. The SMILES string of the molecule is CCNC(=NCC(C(CC)CC)N1CCOCC1)NCCn1cc(C)cn1. The summed E-state index contributed by atoms with van der Waals surface area (Å²) >= 11 is 0. The molecule has 0 amide bonds. The molecule has 27 heavy (non-hydrogen) atoms. The normalized spacial score (nSPS) is 17.3. The summed E-state index contributed by atoms with van der Waals surface area (Å²) in [7, 11) is 0. The predicted molar refractivity (Wildman–Crippen MR) is 111 cm³/mol. The van der Waals surface area contributed by atoms with Crippen molar-refractivity contribution in [1.29, 1.82) is 0 Å². The summed E-state index contributed by atoms with van der Waals surface area (Å²) in [6.45, 7) is 15.8. The van der Waals surface area contributed by atoms with Crippen molar-refractivity contribution >= 4 is 5.96 Å². The molecule has 0 bridgehead atoms. The van der Waals surface area contributed by atoms with Crippen molar-refractivity contribution in [3.63, 3.8) is 0 Å². The Balaban J connectivity index is 1.94. The van der Waals surface area contributed by atoms with E-state index in [0.717, 1.165) is 58.4 Å². The van der Waals surface area contributed by atoms with Crippen LogP contribution in [-0.2, 0) is 11.3 Å². The van der Waals surface area contributed by atoms with Gasteiger partial charge in [0.2, 0.25) is 0 Å². The molecule has 2 rings (SSSR count). The zero-order valence-corrected chi connectivity index (χ0v) is 17.6. The molecule has 1 aliphatic heterocycles. The molecule has 1 unspecified atom stereocenters. The largest absolute Gasteiger partial charge is 0.379 e. The van der Waals surface area contributed by atoms with Crippen LogP contribution < -0.4 is 10.6 Å². The molecule has 0 spiro atoms. The highest BCUT2D eigenvalue weighted by atomic mass is 16.5. The fraction of sp³-hybridized carbons (Fsp3) is 0.800. The molecule has 1 atom stereocenters. The highest BCUT2D eigenvalue weighted by Gasteiger charge is 2.26. The number of aryl methyl sites for hydroxylation is 1. The Morgan fingerprint density at radius 2 is 1.96 bits per heavy atom. The first kappa shape index (κ1) is 21.7. The fourth-order valence-corrected chi connectivity index (χ4v) is 3.71. The predicted octanol–water partition coefficient (Wildman–Crippen LogP) is 1.88. The van der Waals surface area contributed by atoms with E-state index in [1.54, 1.807) is 0 Å². The van der Waals surface area contributed by atoms with Gasteiger partial charge in [0.25, 0.3) is 0 Å². The molecule has 0 saturated carbocycles. The summed E-state index contributed by atoms with van der Waals surface area (Å²) in [6, 6.07) is 0.480. The van der Waals surface area contributed by atoms with Crippen LogP contribution in [0.4, 0.5) is 0 Å². The fourth-order valence-electron chi connectivity index (χ4n) is 3.71. The van der Waals surface area contributed by atoms with Crippen molar-refractivity contribution in [3.05, 3.63) is 18.0 Å². The Kier molecular flexibility index (Phi) is 9.62. The van der Waals surface area contributed by atoms with E-state index in [1.165, 1.54) is 18.4 Å². The smallest absolute Gasteiger partial charge is 0.191 e. The maximum Gasteiger partial charge on any atom is 0.191 e. The first-order chi connectivity index (χ1) is 13.2. The van der Waals surface area contributed by atoms with E-state index in [0.29, 0.717) is 12.0 Å². The van der Waals surface area contributed by atoms with Gasteiger partial charge in [-0.25, -0.2) is 0 Å². The van der Waals surface area contributed by atoms with Gasteiger partial charge in [-0.15, -0.1) is 0 Å².